The van der Waals surface area contributed by atoms with Crippen LogP contribution in [0.4, 0.5) is 5.69 Å². The summed E-state index contributed by atoms with van der Waals surface area (Å²) in [6.07, 6.45) is 3.39. The molecule has 0 spiro atoms. The van der Waals surface area contributed by atoms with Crippen LogP contribution in [0.2, 0.25) is 0 Å². The molecule has 96 valence electrons. The fourth-order valence-electron chi connectivity index (χ4n) is 1.60. The van der Waals surface area contributed by atoms with Crippen LogP contribution in [0.25, 0.3) is 0 Å². The number of nitrogens with zero attached hydrogens (tertiary/aromatic N) is 1. The Morgan fingerprint density at radius 1 is 1.24 bits per heavy atom. The Labute approximate surface area is 110 Å². The monoisotopic (exact) mass is 252 g/mol. The summed E-state index contributed by atoms with van der Waals surface area (Å²) in [6, 6.07) is 9.33. The fourth-order valence-corrected chi connectivity index (χ4v) is 2.19. The summed E-state index contributed by atoms with van der Waals surface area (Å²) in [7, 11) is 4.13. The van der Waals surface area contributed by atoms with Gasteiger partial charge in [0.05, 0.1) is 0 Å². The molecule has 1 unspecified atom stereocenters. The molecule has 1 aromatic carbocycles. The highest BCUT2D eigenvalue weighted by molar-refractivity contribution is 7.98. The lowest BCUT2D eigenvalue weighted by Crippen LogP contribution is -2.25. The van der Waals surface area contributed by atoms with Gasteiger partial charge in [0.25, 0.3) is 0 Å². The first-order valence-electron chi connectivity index (χ1n) is 6.12. The summed E-state index contributed by atoms with van der Waals surface area (Å²) < 4.78 is 0. The zero-order valence-electron chi connectivity index (χ0n) is 11.4. The molecule has 0 fully saturated rings. The van der Waals surface area contributed by atoms with E-state index in [4.69, 9.17) is 0 Å². The Hall–Kier alpha value is -0.670. The largest absolute Gasteiger partial charge is 0.378 e. The highest BCUT2D eigenvalue weighted by Crippen LogP contribution is 2.12. The van der Waals surface area contributed by atoms with E-state index in [-0.39, 0.29) is 0 Å². The van der Waals surface area contributed by atoms with Gasteiger partial charge in [-0.25, -0.2) is 0 Å². The molecule has 0 aromatic heterocycles. The summed E-state index contributed by atoms with van der Waals surface area (Å²) in [5.74, 6) is 1.23. The van der Waals surface area contributed by atoms with Crippen LogP contribution in [0, 0.1) is 0 Å². The van der Waals surface area contributed by atoms with Crippen molar-refractivity contribution in [3.8, 4) is 0 Å². The lowest BCUT2D eigenvalue weighted by atomic mass is 10.2. The van der Waals surface area contributed by atoms with Crippen molar-refractivity contribution in [2.45, 2.75) is 25.9 Å². The van der Waals surface area contributed by atoms with Crippen LogP contribution in [0.15, 0.2) is 24.3 Å². The summed E-state index contributed by atoms with van der Waals surface area (Å²) in [5.41, 5.74) is 2.61. The summed E-state index contributed by atoms with van der Waals surface area (Å²) >= 11 is 1.91. The minimum absolute atomic E-state index is 0.593. The molecule has 0 heterocycles. The van der Waals surface area contributed by atoms with Gasteiger partial charge in [0.2, 0.25) is 0 Å². The summed E-state index contributed by atoms with van der Waals surface area (Å²) in [6.45, 7) is 3.22. The van der Waals surface area contributed by atoms with E-state index >= 15 is 0 Å². The van der Waals surface area contributed by atoms with E-state index in [1.165, 1.54) is 23.4 Å². The van der Waals surface area contributed by atoms with Crippen molar-refractivity contribution in [1.82, 2.24) is 5.32 Å². The molecule has 2 nitrogen and oxygen atoms in total. The molecule has 0 bridgehead atoms. The number of benzene rings is 1. The molecule has 1 atom stereocenters. The van der Waals surface area contributed by atoms with Gasteiger partial charge in [-0.1, -0.05) is 12.1 Å². The van der Waals surface area contributed by atoms with Crippen molar-refractivity contribution in [2.75, 3.05) is 31.0 Å². The van der Waals surface area contributed by atoms with E-state index in [1.807, 2.05) is 11.8 Å². The van der Waals surface area contributed by atoms with Crippen LogP contribution in [0.1, 0.15) is 18.9 Å². The smallest absolute Gasteiger partial charge is 0.0361 e. The Morgan fingerprint density at radius 2 is 1.88 bits per heavy atom. The average molecular weight is 252 g/mol. The highest BCUT2D eigenvalue weighted by Gasteiger charge is 2.01. The second-order valence-corrected chi connectivity index (χ2v) is 5.61. The van der Waals surface area contributed by atoms with Gasteiger partial charge < -0.3 is 10.2 Å². The standard InChI is InChI=1S/C14H24N2S/c1-12(9-10-17-4)15-11-13-5-7-14(8-6-13)16(2)3/h5-8,12,15H,9-11H2,1-4H3. The van der Waals surface area contributed by atoms with E-state index in [1.54, 1.807) is 0 Å². The van der Waals surface area contributed by atoms with Crippen LogP contribution in [0.5, 0.6) is 0 Å². The third-order valence-electron chi connectivity index (χ3n) is 2.86. The Bertz CT molecular complexity index is 309. The van der Waals surface area contributed by atoms with Crippen molar-refractivity contribution in [3.63, 3.8) is 0 Å². The zero-order valence-corrected chi connectivity index (χ0v) is 12.2. The van der Waals surface area contributed by atoms with Crippen LogP contribution in [0.3, 0.4) is 0 Å². The van der Waals surface area contributed by atoms with Crippen molar-refractivity contribution in [2.24, 2.45) is 0 Å². The maximum atomic E-state index is 3.56. The number of nitrogens with one attached hydrogen (secondary N) is 1. The van der Waals surface area contributed by atoms with E-state index in [0.29, 0.717) is 6.04 Å². The van der Waals surface area contributed by atoms with Crippen LogP contribution >= 0.6 is 11.8 Å². The molecule has 0 radical (unpaired) electrons. The van der Waals surface area contributed by atoms with E-state index < -0.39 is 0 Å². The predicted molar refractivity (Wildman–Crippen MR) is 80.1 cm³/mol. The average Bonchev–Trinajstić information content (AvgIpc) is 2.34. The van der Waals surface area contributed by atoms with Gasteiger partial charge in [-0.15, -0.1) is 0 Å². The molecular formula is C14H24N2S. The van der Waals surface area contributed by atoms with E-state index in [0.717, 1.165) is 6.54 Å². The normalized spacial score (nSPS) is 12.5. The Morgan fingerprint density at radius 3 is 2.41 bits per heavy atom. The van der Waals surface area contributed by atoms with E-state index in [9.17, 15) is 0 Å². The minimum Gasteiger partial charge on any atom is -0.378 e. The summed E-state index contributed by atoms with van der Waals surface area (Å²) in [4.78, 5) is 2.12. The number of rotatable bonds is 7. The van der Waals surface area contributed by atoms with Gasteiger partial charge in [-0.3, -0.25) is 0 Å². The highest BCUT2D eigenvalue weighted by atomic mass is 32.2. The molecule has 1 rings (SSSR count). The molecule has 1 aromatic rings. The lowest BCUT2D eigenvalue weighted by Gasteiger charge is -2.15. The van der Waals surface area contributed by atoms with Gasteiger partial charge in [0, 0.05) is 32.4 Å². The second kappa shape index (κ2) is 7.62. The zero-order chi connectivity index (χ0) is 12.7. The van der Waals surface area contributed by atoms with Crippen molar-refractivity contribution in [1.29, 1.82) is 0 Å². The maximum absolute atomic E-state index is 3.56. The molecule has 0 aliphatic carbocycles. The molecule has 0 saturated heterocycles. The quantitative estimate of drug-likeness (QED) is 0.803. The third-order valence-corrected chi connectivity index (χ3v) is 3.51. The molecule has 0 aliphatic heterocycles. The molecule has 3 heteroatoms. The number of hydrogen-bond acceptors (Lipinski definition) is 3. The first-order valence-corrected chi connectivity index (χ1v) is 7.51. The molecular weight excluding hydrogens is 228 g/mol. The number of anilines is 1. The first-order chi connectivity index (χ1) is 8.13. The van der Waals surface area contributed by atoms with Crippen LogP contribution in [-0.4, -0.2) is 32.1 Å². The minimum atomic E-state index is 0.593. The fraction of sp³-hybridized carbons (Fsp3) is 0.571. The van der Waals surface area contributed by atoms with Crippen molar-refractivity contribution < 1.29 is 0 Å². The third kappa shape index (κ3) is 5.46. The van der Waals surface area contributed by atoms with Gasteiger partial charge >= 0.3 is 0 Å². The molecule has 0 saturated carbocycles. The Balaban J connectivity index is 2.36. The lowest BCUT2D eigenvalue weighted by molar-refractivity contribution is 0.537. The van der Waals surface area contributed by atoms with Gasteiger partial charge in [-0.05, 0) is 43.0 Å². The SMILES string of the molecule is CSCCC(C)NCc1ccc(N(C)C)cc1. The van der Waals surface area contributed by atoms with E-state index in [2.05, 4.69) is 61.8 Å². The maximum Gasteiger partial charge on any atom is 0.0361 e. The Kier molecular flexibility index (Phi) is 6.45. The molecule has 0 amide bonds. The molecule has 0 aliphatic rings. The van der Waals surface area contributed by atoms with Crippen LogP contribution < -0.4 is 10.2 Å². The molecule has 1 N–H and O–H groups in total. The van der Waals surface area contributed by atoms with Crippen LogP contribution in [-0.2, 0) is 6.54 Å². The van der Waals surface area contributed by atoms with Gasteiger partial charge in [-0.2, -0.15) is 11.8 Å². The second-order valence-electron chi connectivity index (χ2n) is 4.62. The topological polar surface area (TPSA) is 15.3 Å². The number of hydrogen-bond donors (Lipinski definition) is 1. The summed E-state index contributed by atoms with van der Waals surface area (Å²) in [5, 5.41) is 3.56. The predicted octanol–water partition coefficient (Wildman–Crippen LogP) is 2.98. The van der Waals surface area contributed by atoms with Gasteiger partial charge in [0.1, 0.15) is 0 Å². The molecule has 17 heavy (non-hydrogen) atoms. The van der Waals surface area contributed by atoms with Crippen molar-refractivity contribution >= 4 is 17.4 Å². The van der Waals surface area contributed by atoms with Crippen molar-refractivity contribution in [3.05, 3.63) is 29.8 Å². The first kappa shape index (κ1) is 14.4. The van der Waals surface area contributed by atoms with Gasteiger partial charge in [0.15, 0.2) is 0 Å². The number of thioether (sulfide) groups is 1.